The number of anilines is 1. The van der Waals surface area contributed by atoms with Gasteiger partial charge in [0.15, 0.2) is 11.5 Å². The number of amides is 2. The summed E-state index contributed by atoms with van der Waals surface area (Å²) in [6.45, 7) is 0.892. The summed E-state index contributed by atoms with van der Waals surface area (Å²) < 4.78 is 73.1. The summed E-state index contributed by atoms with van der Waals surface area (Å²) in [5.74, 6) is -4.41. The molecule has 1 fully saturated rings. The molecular formula is C26H23F4N3O6S3. The highest BCUT2D eigenvalue weighted by molar-refractivity contribution is 8.16. The zero-order valence-corrected chi connectivity index (χ0v) is 24.0. The van der Waals surface area contributed by atoms with Gasteiger partial charge in [-0.25, -0.2) is 4.39 Å². The number of pyridine rings is 1. The second-order valence-corrected chi connectivity index (χ2v) is 11.9. The Balaban J connectivity index is 1.77. The first-order valence-corrected chi connectivity index (χ1v) is 13.4. The van der Waals surface area contributed by atoms with Crippen LogP contribution < -0.4 is 25.3 Å². The third-order valence-corrected chi connectivity index (χ3v) is 6.16. The maximum absolute atomic E-state index is 15.7. The van der Waals surface area contributed by atoms with Crippen molar-refractivity contribution in [1.29, 1.82) is 0 Å². The van der Waals surface area contributed by atoms with E-state index in [2.05, 4.69) is 52.9 Å². The number of rotatable bonds is 9. The molecule has 3 N–H and O–H groups in total. The highest BCUT2D eigenvalue weighted by Gasteiger charge is 2.32. The molecule has 9 nitrogen and oxygen atoms in total. The molecule has 0 bridgehead atoms. The average Bonchev–Trinajstić information content (AvgIpc) is 2.88. The van der Waals surface area contributed by atoms with Crippen LogP contribution in [-0.4, -0.2) is 40.0 Å². The predicted molar refractivity (Wildman–Crippen MR) is 153 cm³/mol. The van der Waals surface area contributed by atoms with Gasteiger partial charge in [-0.2, -0.15) is 0 Å². The molecule has 0 atom stereocenters. The summed E-state index contributed by atoms with van der Waals surface area (Å²) in [5, 5.41) is 2.47. The van der Waals surface area contributed by atoms with E-state index in [0.29, 0.717) is 31.6 Å². The van der Waals surface area contributed by atoms with Crippen molar-refractivity contribution in [3.63, 3.8) is 0 Å². The van der Waals surface area contributed by atoms with Gasteiger partial charge in [-0.1, -0.05) is 0 Å². The minimum absolute atomic E-state index is 0.0883. The van der Waals surface area contributed by atoms with Crippen molar-refractivity contribution in [1.82, 2.24) is 4.98 Å². The molecule has 16 heteroatoms. The first-order valence-electron chi connectivity index (χ1n) is 12.1. The van der Waals surface area contributed by atoms with Gasteiger partial charge >= 0.3 is 6.36 Å². The molecule has 1 aliphatic heterocycles. The number of nitrogens with zero attached hydrogens (tertiary/aromatic N) is 1. The Hall–Kier alpha value is -3.34. The number of carbonyl (C=O) groups excluding carboxylic acids is 2. The lowest BCUT2D eigenvalue weighted by Gasteiger charge is -2.24. The topological polar surface area (TPSA) is 122 Å². The van der Waals surface area contributed by atoms with Crippen LogP contribution in [0.3, 0.4) is 0 Å². The standard InChI is InChI=1S/C26H23F4N3O6S3/c27-17-9-14(13-4-7-36-8-5-13)10-21(22(17)24(35)33-15-3-6-32-18(11-15)23(31)34)37-19-2-1-16(38-25(28,29)30)12-20(19)39-26(40,41)42/h1-3,6,9-13,40-42H,4-5,7-8H2,(H2,31,34)(H,32,33,35). The number of halogens is 4. The Morgan fingerprint density at radius 3 is 2.33 bits per heavy atom. The van der Waals surface area contributed by atoms with E-state index < -0.39 is 38.9 Å². The largest absolute Gasteiger partial charge is 0.573 e. The molecule has 3 aromatic rings. The normalized spacial score (nSPS) is 14.3. The summed E-state index contributed by atoms with van der Waals surface area (Å²) in [5.41, 5.74) is 5.16. The van der Waals surface area contributed by atoms with E-state index in [9.17, 15) is 22.8 Å². The number of benzene rings is 2. The van der Waals surface area contributed by atoms with Gasteiger partial charge in [0, 0.05) is 31.2 Å². The minimum Gasteiger partial charge on any atom is -0.455 e. The van der Waals surface area contributed by atoms with Crippen LogP contribution >= 0.6 is 37.9 Å². The van der Waals surface area contributed by atoms with E-state index in [1.165, 1.54) is 30.5 Å². The van der Waals surface area contributed by atoms with Gasteiger partial charge in [0.25, 0.3) is 11.8 Å². The van der Waals surface area contributed by atoms with E-state index in [0.717, 1.165) is 18.2 Å². The van der Waals surface area contributed by atoms with Gasteiger partial charge in [-0.3, -0.25) is 14.6 Å². The molecule has 2 heterocycles. The molecule has 0 aliphatic carbocycles. The molecule has 42 heavy (non-hydrogen) atoms. The molecule has 0 unspecified atom stereocenters. The quantitative estimate of drug-likeness (QED) is 0.111. The Labute approximate surface area is 253 Å². The van der Waals surface area contributed by atoms with Gasteiger partial charge in [0.2, 0.25) is 3.60 Å². The molecule has 1 aromatic heterocycles. The van der Waals surface area contributed by atoms with Gasteiger partial charge in [0.05, 0.1) is 0 Å². The van der Waals surface area contributed by atoms with Crippen LogP contribution in [0.5, 0.6) is 23.0 Å². The van der Waals surface area contributed by atoms with Crippen LogP contribution in [0, 0.1) is 5.82 Å². The van der Waals surface area contributed by atoms with E-state index in [1.807, 2.05) is 0 Å². The number of nitrogens with two attached hydrogens (primary N) is 1. The smallest absolute Gasteiger partial charge is 0.455 e. The number of primary amides is 1. The summed E-state index contributed by atoms with van der Waals surface area (Å²) >= 11 is 12.0. The van der Waals surface area contributed by atoms with Crippen molar-refractivity contribution in [2.45, 2.75) is 28.7 Å². The molecule has 2 aromatic carbocycles. The van der Waals surface area contributed by atoms with Crippen LogP contribution in [-0.2, 0) is 4.74 Å². The van der Waals surface area contributed by atoms with Crippen LogP contribution in [0.2, 0.25) is 0 Å². The monoisotopic (exact) mass is 645 g/mol. The summed E-state index contributed by atoms with van der Waals surface area (Å²) in [4.78, 5) is 28.6. The lowest BCUT2D eigenvalue weighted by Crippen LogP contribution is -2.19. The number of hydrogen-bond acceptors (Lipinski definition) is 10. The highest BCUT2D eigenvalue weighted by atomic mass is 32.2. The number of ether oxygens (including phenoxy) is 4. The molecule has 0 spiro atoms. The second kappa shape index (κ2) is 12.9. The number of nitrogens with one attached hydrogen (secondary N) is 1. The summed E-state index contributed by atoms with van der Waals surface area (Å²) in [7, 11) is 0. The molecule has 224 valence electrons. The van der Waals surface area contributed by atoms with Crippen LogP contribution in [0.1, 0.15) is 45.2 Å². The fourth-order valence-electron chi connectivity index (χ4n) is 4.12. The molecular weight excluding hydrogens is 622 g/mol. The Bertz CT molecular complexity index is 1480. The van der Waals surface area contributed by atoms with Crippen molar-refractivity contribution in [2.75, 3.05) is 18.5 Å². The van der Waals surface area contributed by atoms with E-state index in [-0.39, 0.29) is 34.5 Å². The van der Waals surface area contributed by atoms with Crippen molar-refractivity contribution < 1.29 is 46.1 Å². The van der Waals surface area contributed by atoms with Crippen LogP contribution in [0.25, 0.3) is 0 Å². The maximum atomic E-state index is 15.7. The Morgan fingerprint density at radius 2 is 1.69 bits per heavy atom. The van der Waals surface area contributed by atoms with Crippen molar-refractivity contribution in [3.8, 4) is 23.0 Å². The summed E-state index contributed by atoms with van der Waals surface area (Å²) in [6, 6.07) is 8.07. The third-order valence-electron chi connectivity index (χ3n) is 5.88. The number of hydrogen-bond donors (Lipinski definition) is 5. The summed E-state index contributed by atoms with van der Waals surface area (Å²) in [6.07, 6.45) is -2.62. The molecule has 1 saturated heterocycles. The molecule has 4 rings (SSSR count). The van der Waals surface area contributed by atoms with E-state index in [4.69, 9.17) is 19.9 Å². The number of carbonyl (C=O) groups is 2. The lowest BCUT2D eigenvalue weighted by atomic mass is 9.90. The number of alkyl halides is 3. The molecule has 0 saturated carbocycles. The lowest BCUT2D eigenvalue weighted by molar-refractivity contribution is -0.274. The van der Waals surface area contributed by atoms with Gasteiger partial charge in [-0.05, 0) is 60.7 Å². The molecule has 0 radical (unpaired) electrons. The first kappa shape index (κ1) is 31.6. The molecule has 2 amide bonds. The van der Waals surface area contributed by atoms with Crippen molar-refractivity contribution in [3.05, 3.63) is 71.3 Å². The predicted octanol–water partition coefficient (Wildman–Crippen LogP) is 5.94. The third kappa shape index (κ3) is 8.59. The minimum atomic E-state index is -5.01. The van der Waals surface area contributed by atoms with Gasteiger partial charge < -0.3 is 30.0 Å². The van der Waals surface area contributed by atoms with Crippen molar-refractivity contribution >= 4 is 55.4 Å². The number of thiol groups is 3. The zero-order valence-electron chi connectivity index (χ0n) is 21.4. The van der Waals surface area contributed by atoms with Crippen LogP contribution in [0.4, 0.5) is 23.2 Å². The maximum Gasteiger partial charge on any atom is 0.573 e. The number of aromatic nitrogens is 1. The van der Waals surface area contributed by atoms with Gasteiger partial charge in [0.1, 0.15) is 28.6 Å². The Kier molecular flexibility index (Phi) is 9.70. The van der Waals surface area contributed by atoms with E-state index in [1.54, 1.807) is 0 Å². The molecule has 1 aliphatic rings. The average molecular weight is 646 g/mol. The first-order chi connectivity index (χ1) is 19.7. The second-order valence-electron chi connectivity index (χ2n) is 8.94. The highest BCUT2D eigenvalue weighted by Crippen LogP contribution is 2.43. The van der Waals surface area contributed by atoms with Crippen LogP contribution in [0.15, 0.2) is 48.7 Å². The fraction of sp³-hybridized carbons (Fsp3) is 0.269. The fourth-order valence-corrected chi connectivity index (χ4v) is 4.42. The van der Waals surface area contributed by atoms with Crippen molar-refractivity contribution in [2.24, 2.45) is 5.73 Å². The van der Waals surface area contributed by atoms with E-state index >= 15 is 4.39 Å². The SMILES string of the molecule is NC(=O)c1cc(NC(=O)c2c(F)cc(C3CCOCC3)cc2Oc2ccc(OC(F)(F)F)cc2OC(S)(S)S)ccn1. The van der Waals surface area contributed by atoms with Gasteiger partial charge in [-0.15, -0.1) is 51.1 Å². The Morgan fingerprint density at radius 1 is 0.976 bits per heavy atom. The zero-order chi connectivity index (χ0) is 30.7.